The van der Waals surface area contributed by atoms with Gasteiger partial charge in [-0.2, -0.15) is 8.78 Å². The summed E-state index contributed by atoms with van der Waals surface area (Å²) in [5, 5.41) is 11.3. The molecule has 0 unspecified atom stereocenters. The van der Waals surface area contributed by atoms with E-state index in [1.54, 1.807) is 18.2 Å². The van der Waals surface area contributed by atoms with Crippen LogP contribution in [0, 0.1) is 0 Å². The van der Waals surface area contributed by atoms with Crippen LogP contribution in [0.25, 0.3) is 0 Å². The van der Waals surface area contributed by atoms with Crippen molar-refractivity contribution < 1.29 is 14.0 Å². The molecule has 0 spiro atoms. The van der Waals surface area contributed by atoms with Gasteiger partial charge in [0.15, 0.2) is 5.84 Å². The smallest absolute Gasteiger partial charge is 0.285 e. The number of benzene rings is 1. The first-order valence-electron chi connectivity index (χ1n) is 6.11. The topological polar surface area (TPSA) is 61.8 Å². The van der Waals surface area contributed by atoms with Gasteiger partial charge in [0.1, 0.15) is 0 Å². The highest BCUT2D eigenvalue weighted by Gasteiger charge is 2.33. The van der Waals surface area contributed by atoms with Gasteiger partial charge in [-0.3, -0.25) is 4.90 Å². The molecule has 6 heteroatoms. The second-order valence-corrected chi connectivity index (χ2v) is 4.37. The summed E-state index contributed by atoms with van der Waals surface area (Å²) < 4.78 is 28.2. The third-order valence-corrected chi connectivity index (χ3v) is 2.67. The van der Waals surface area contributed by atoms with Gasteiger partial charge >= 0.3 is 0 Å². The zero-order chi connectivity index (χ0) is 14.3. The van der Waals surface area contributed by atoms with E-state index in [4.69, 9.17) is 10.9 Å². The number of nitrogens with zero attached hydrogens (tertiary/aromatic N) is 2. The molecule has 0 bridgehead atoms. The Balaban J connectivity index is 2.77. The summed E-state index contributed by atoms with van der Waals surface area (Å²) in [6.07, 6.45) is 0.712. The van der Waals surface area contributed by atoms with Gasteiger partial charge in [0.05, 0.1) is 13.1 Å². The fourth-order valence-electron chi connectivity index (χ4n) is 1.85. The molecular formula is C13H19F2N3O. The second kappa shape index (κ2) is 7.04. The predicted octanol–water partition coefficient (Wildman–Crippen LogP) is 2.24. The van der Waals surface area contributed by atoms with Crippen LogP contribution in [0.2, 0.25) is 0 Å². The molecule has 0 atom stereocenters. The van der Waals surface area contributed by atoms with Crippen LogP contribution in [0.4, 0.5) is 8.78 Å². The molecule has 0 aliphatic rings. The lowest BCUT2D eigenvalue weighted by Gasteiger charge is -2.26. The summed E-state index contributed by atoms with van der Waals surface area (Å²) >= 11 is 0. The van der Waals surface area contributed by atoms with E-state index in [-0.39, 0.29) is 17.9 Å². The highest BCUT2D eigenvalue weighted by molar-refractivity contribution is 5.81. The zero-order valence-corrected chi connectivity index (χ0v) is 10.9. The number of hydrogen-bond acceptors (Lipinski definition) is 3. The Morgan fingerprint density at radius 1 is 1.37 bits per heavy atom. The summed E-state index contributed by atoms with van der Waals surface area (Å²) in [5.74, 6) is -3.04. The molecule has 0 fully saturated rings. The first-order chi connectivity index (χ1) is 8.99. The van der Waals surface area contributed by atoms with Gasteiger partial charge in [-0.15, -0.1) is 0 Å². The lowest BCUT2D eigenvalue weighted by atomic mass is 10.1. The molecule has 3 N–H and O–H groups in total. The molecule has 0 aliphatic heterocycles. The van der Waals surface area contributed by atoms with E-state index in [0.717, 1.165) is 0 Å². The lowest BCUT2D eigenvalue weighted by molar-refractivity contribution is -0.0346. The Kier molecular flexibility index (Phi) is 5.69. The second-order valence-electron chi connectivity index (χ2n) is 4.37. The molecule has 19 heavy (non-hydrogen) atoms. The molecule has 106 valence electrons. The van der Waals surface area contributed by atoms with E-state index in [0.29, 0.717) is 13.0 Å². The number of oxime groups is 1. The standard InChI is InChI=1S/C13H19F2N3O/c1-2-8-18(9-12(16)17-19)10-13(14,15)11-6-4-3-5-7-11/h3-7,19H,2,8-10H2,1H3,(H2,16,17). The summed E-state index contributed by atoms with van der Waals surface area (Å²) in [7, 11) is 0. The summed E-state index contributed by atoms with van der Waals surface area (Å²) in [6, 6.07) is 7.65. The van der Waals surface area contributed by atoms with Crippen molar-refractivity contribution in [2.45, 2.75) is 19.3 Å². The average Bonchev–Trinajstić information content (AvgIpc) is 2.39. The fourth-order valence-corrected chi connectivity index (χ4v) is 1.85. The monoisotopic (exact) mass is 271 g/mol. The van der Waals surface area contributed by atoms with Crippen LogP contribution in [0.5, 0.6) is 0 Å². The third kappa shape index (κ3) is 4.82. The van der Waals surface area contributed by atoms with E-state index in [1.807, 2.05) is 6.92 Å². The van der Waals surface area contributed by atoms with E-state index in [1.165, 1.54) is 17.0 Å². The van der Waals surface area contributed by atoms with Crippen molar-refractivity contribution in [2.24, 2.45) is 10.9 Å². The molecule has 0 aliphatic carbocycles. The van der Waals surface area contributed by atoms with Crippen molar-refractivity contribution >= 4 is 5.84 Å². The Morgan fingerprint density at radius 2 is 2.00 bits per heavy atom. The highest BCUT2D eigenvalue weighted by atomic mass is 19.3. The maximum absolute atomic E-state index is 14.1. The van der Waals surface area contributed by atoms with Crippen molar-refractivity contribution in [2.75, 3.05) is 19.6 Å². The summed E-state index contributed by atoms with van der Waals surface area (Å²) in [6.45, 7) is 1.91. The Morgan fingerprint density at radius 3 is 2.53 bits per heavy atom. The van der Waals surface area contributed by atoms with E-state index in [9.17, 15) is 8.78 Å². The van der Waals surface area contributed by atoms with Gasteiger partial charge in [-0.1, -0.05) is 42.4 Å². The minimum Gasteiger partial charge on any atom is -0.409 e. The van der Waals surface area contributed by atoms with Crippen LogP contribution in [0.3, 0.4) is 0 Å². The first kappa shape index (κ1) is 15.4. The minimum atomic E-state index is -2.97. The van der Waals surface area contributed by atoms with Gasteiger partial charge in [-0.25, -0.2) is 0 Å². The van der Waals surface area contributed by atoms with E-state index in [2.05, 4.69) is 5.16 Å². The summed E-state index contributed by atoms with van der Waals surface area (Å²) in [4.78, 5) is 1.47. The molecule has 4 nitrogen and oxygen atoms in total. The van der Waals surface area contributed by atoms with Crippen molar-refractivity contribution in [3.05, 3.63) is 35.9 Å². The third-order valence-electron chi connectivity index (χ3n) is 2.67. The minimum absolute atomic E-state index is 0.0206. The van der Waals surface area contributed by atoms with Crippen molar-refractivity contribution in [3.8, 4) is 0 Å². The van der Waals surface area contributed by atoms with E-state index < -0.39 is 12.5 Å². The first-order valence-corrected chi connectivity index (χ1v) is 6.11. The SMILES string of the molecule is CCCN(C/C(N)=N/O)CC(F)(F)c1ccccc1. The Bertz CT molecular complexity index is 410. The quantitative estimate of drug-likeness (QED) is 0.346. The summed E-state index contributed by atoms with van der Waals surface area (Å²) in [5.41, 5.74) is 5.34. The van der Waals surface area contributed by atoms with Crippen molar-refractivity contribution in [1.29, 1.82) is 0 Å². The molecular weight excluding hydrogens is 252 g/mol. The number of halogens is 2. The number of amidine groups is 1. The van der Waals surface area contributed by atoms with Gasteiger partial charge in [0.25, 0.3) is 5.92 Å². The van der Waals surface area contributed by atoms with Gasteiger partial charge < -0.3 is 10.9 Å². The lowest BCUT2D eigenvalue weighted by Crippen LogP contribution is -2.41. The van der Waals surface area contributed by atoms with Gasteiger partial charge in [0, 0.05) is 5.56 Å². The average molecular weight is 271 g/mol. The fraction of sp³-hybridized carbons (Fsp3) is 0.462. The maximum atomic E-state index is 14.1. The number of alkyl halides is 2. The zero-order valence-electron chi connectivity index (χ0n) is 10.9. The van der Waals surface area contributed by atoms with Crippen LogP contribution in [-0.2, 0) is 5.92 Å². The van der Waals surface area contributed by atoms with E-state index >= 15 is 0 Å². The molecule has 0 saturated heterocycles. The molecule has 0 saturated carbocycles. The molecule has 0 amide bonds. The highest BCUT2D eigenvalue weighted by Crippen LogP contribution is 2.28. The van der Waals surface area contributed by atoms with Crippen LogP contribution < -0.4 is 5.73 Å². The number of rotatable bonds is 7. The van der Waals surface area contributed by atoms with Crippen LogP contribution in [0.1, 0.15) is 18.9 Å². The molecule has 1 rings (SSSR count). The van der Waals surface area contributed by atoms with Crippen LogP contribution in [-0.4, -0.2) is 35.6 Å². The molecule has 1 aromatic carbocycles. The molecule has 0 heterocycles. The van der Waals surface area contributed by atoms with Gasteiger partial charge in [0.2, 0.25) is 0 Å². The Hall–Kier alpha value is -1.69. The predicted molar refractivity (Wildman–Crippen MR) is 70.5 cm³/mol. The molecule has 1 aromatic rings. The Labute approximate surface area is 111 Å². The van der Waals surface area contributed by atoms with Crippen molar-refractivity contribution in [1.82, 2.24) is 4.90 Å². The maximum Gasteiger partial charge on any atom is 0.285 e. The van der Waals surface area contributed by atoms with Crippen LogP contribution >= 0.6 is 0 Å². The number of hydrogen-bond donors (Lipinski definition) is 2. The normalized spacial score (nSPS) is 12.9. The number of nitrogens with two attached hydrogens (primary N) is 1. The molecule has 0 aromatic heterocycles. The molecule has 0 radical (unpaired) electrons. The van der Waals surface area contributed by atoms with Crippen LogP contribution in [0.15, 0.2) is 35.5 Å². The largest absolute Gasteiger partial charge is 0.409 e. The van der Waals surface area contributed by atoms with Crippen molar-refractivity contribution in [3.63, 3.8) is 0 Å². The van der Waals surface area contributed by atoms with Gasteiger partial charge in [-0.05, 0) is 13.0 Å².